The molecular formula is C11H19NO3S. The minimum absolute atomic E-state index is 0.477. The number of thioether (sulfide) groups is 1. The largest absolute Gasteiger partial charge is 0.480 e. The summed E-state index contributed by atoms with van der Waals surface area (Å²) in [5.74, 6) is 1.03. The molecule has 1 saturated carbocycles. The highest BCUT2D eigenvalue weighted by Crippen LogP contribution is 2.40. The Balaban J connectivity index is 2.11. The highest BCUT2D eigenvalue weighted by atomic mass is 32.2. The Morgan fingerprint density at radius 3 is 2.81 bits per heavy atom. The van der Waals surface area contributed by atoms with Crippen LogP contribution in [0, 0.1) is 0 Å². The number of methoxy groups -OCH3 is 1. The predicted octanol–water partition coefficient (Wildman–Crippen LogP) is 1.06. The van der Waals surface area contributed by atoms with Gasteiger partial charge in [0.15, 0.2) is 0 Å². The van der Waals surface area contributed by atoms with Crippen LogP contribution in [0.2, 0.25) is 0 Å². The van der Waals surface area contributed by atoms with Crippen molar-refractivity contribution < 1.29 is 14.6 Å². The molecule has 0 bridgehead atoms. The van der Waals surface area contributed by atoms with Crippen LogP contribution < -0.4 is 0 Å². The van der Waals surface area contributed by atoms with Crippen molar-refractivity contribution in [3.63, 3.8) is 0 Å². The molecule has 0 radical (unpaired) electrons. The molecular weight excluding hydrogens is 226 g/mol. The first-order valence-corrected chi connectivity index (χ1v) is 6.93. The molecule has 4 nitrogen and oxygen atoms in total. The molecule has 1 aliphatic carbocycles. The summed E-state index contributed by atoms with van der Waals surface area (Å²) in [5, 5.41) is 9.51. The monoisotopic (exact) mass is 245 g/mol. The van der Waals surface area contributed by atoms with Crippen molar-refractivity contribution in [2.75, 3.05) is 31.8 Å². The smallest absolute Gasteiger partial charge is 0.325 e. The fraction of sp³-hybridized carbons (Fsp3) is 0.909. The van der Waals surface area contributed by atoms with E-state index in [2.05, 4.69) is 4.90 Å². The van der Waals surface area contributed by atoms with E-state index in [9.17, 15) is 9.90 Å². The Bertz CT molecular complexity index is 262. The summed E-state index contributed by atoms with van der Waals surface area (Å²) in [7, 11) is 1.67. The standard InChI is InChI=1S/C11H19NO3S/c1-15-6-5-12(9-2-3-9)11(10(13)14)4-7-16-8-11/h9H,2-8H2,1H3,(H,13,14). The minimum Gasteiger partial charge on any atom is -0.480 e. The number of nitrogens with zero attached hydrogens (tertiary/aromatic N) is 1. The number of hydrogen-bond donors (Lipinski definition) is 1. The van der Waals surface area contributed by atoms with E-state index >= 15 is 0 Å². The number of hydrogen-bond acceptors (Lipinski definition) is 4. The zero-order chi connectivity index (χ0) is 11.6. The molecule has 1 saturated heterocycles. The van der Waals surface area contributed by atoms with Gasteiger partial charge in [0.05, 0.1) is 6.61 Å². The van der Waals surface area contributed by atoms with Gasteiger partial charge in [-0.25, -0.2) is 0 Å². The molecule has 5 heteroatoms. The lowest BCUT2D eigenvalue weighted by Gasteiger charge is -2.37. The third kappa shape index (κ3) is 2.21. The normalized spacial score (nSPS) is 29.9. The van der Waals surface area contributed by atoms with Crippen LogP contribution in [0.3, 0.4) is 0 Å². The number of carbonyl (C=O) groups is 1. The fourth-order valence-electron chi connectivity index (χ4n) is 2.39. The number of rotatable bonds is 6. The van der Waals surface area contributed by atoms with E-state index in [1.807, 2.05) is 0 Å². The van der Waals surface area contributed by atoms with Crippen LogP contribution in [0.5, 0.6) is 0 Å². The quantitative estimate of drug-likeness (QED) is 0.758. The maximum atomic E-state index is 11.6. The summed E-state index contributed by atoms with van der Waals surface area (Å²) < 4.78 is 5.09. The zero-order valence-corrected chi connectivity index (χ0v) is 10.5. The van der Waals surface area contributed by atoms with Crippen molar-refractivity contribution >= 4 is 17.7 Å². The molecule has 0 aromatic heterocycles. The van der Waals surface area contributed by atoms with Gasteiger partial charge in [-0.3, -0.25) is 9.69 Å². The third-order valence-corrected chi connectivity index (χ3v) is 4.65. The number of carboxylic acid groups (broad SMARTS) is 1. The zero-order valence-electron chi connectivity index (χ0n) is 9.65. The Hall–Kier alpha value is -0.260. The van der Waals surface area contributed by atoms with Crippen LogP contribution >= 0.6 is 11.8 Å². The molecule has 2 aliphatic rings. The summed E-state index contributed by atoms with van der Waals surface area (Å²) in [6.45, 7) is 1.37. The van der Waals surface area contributed by atoms with E-state index in [0.29, 0.717) is 12.6 Å². The average Bonchev–Trinajstić information content (AvgIpc) is 2.96. The van der Waals surface area contributed by atoms with Crippen molar-refractivity contribution in [2.24, 2.45) is 0 Å². The SMILES string of the molecule is COCCN(C1CC1)C1(C(=O)O)CCSC1. The molecule has 92 valence electrons. The van der Waals surface area contributed by atoms with Gasteiger partial charge < -0.3 is 9.84 Å². The molecule has 2 fully saturated rings. The van der Waals surface area contributed by atoms with Crippen LogP contribution in [0.25, 0.3) is 0 Å². The Labute approximate surface area is 100 Å². The summed E-state index contributed by atoms with van der Waals surface area (Å²) in [4.78, 5) is 13.7. The van der Waals surface area contributed by atoms with Crippen molar-refractivity contribution in [1.29, 1.82) is 0 Å². The second-order valence-electron chi connectivity index (χ2n) is 4.56. The summed E-state index contributed by atoms with van der Waals surface area (Å²) in [6.07, 6.45) is 3.06. The first-order valence-electron chi connectivity index (χ1n) is 5.77. The van der Waals surface area contributed by atoms with Crippen molar-refractivity contribution in [2.45, 2.75) is 30.8 Å². The molecule has 0 amide bonds. The van der Waals surface area contributed by atoms with E-state index in [1.165, 1.54) is 0 Å². The van der Waals surface area contributed by atoms with E-state index < -0.39 is 11.5 Å². The first kappa shape index (κ1) is 12.2. The second kappa shape index (κ2) is 4.94. The van der Waals surface area contributed by atoms with Gasteiger partial charge in [-0.15, -0.1) is 0 Å². The summed E-state index contributed by atoms with van der Waals surface area (Å²) >= 11 is 1.75. The van der Waals surface area contributed by atoms with Crippen molar-refractivity contribution in [3.8, 4) is 0 Å². The first-order chi connectivity index (χ1) is 7.70. The van der Waals surface area contributed by atoms with Crippen LogP contribution in [-0.2, 0) is 9.53 Å². The Morgan fingerprint density at radius 1 is 1.62 bits per heavy atom. The molecule has 0 spiro atoms. The molecule has 1 atom stereocenters. The molecule has 1 aliphatic heterocycles. The lowest BCUT2D eigenvalue weighted by Crippen LogP contribution is -2.57. The number of ether oxygens (including phenoxy) is 1. The summed E-state index contributed by atoms with van der Waals surface area (Å²) in [5.41, 5.74) is -0.621. The summed E-state index contributed by atoms with van der Waals surface area (Å²) in [6, 6.07) is 0.477. The van der Waals surface area contributed by atoms with Gasteiger partial charge in [0.2, 0.25) is 0 Å². The van der Waals surface area contributed by atoms with Gasteiger partial charge in [0.25, 0.3) is 0 Å². The average molecular weight is 245 g/mol. The van der Waals surface area contributed by atoms with Crippen LogP contribution in [-0.4, -0.2) is 59.3 Å². The van der Waals surface area contributed by atoms with E-state index in [1.54, 1.807) is 18.9 Å². The van der Waals surface area contributed by atoms with Gasteiger partial charge in [-0.1, -0.05) is 0 Å². The Kier molecular flexibility index (Phi) is 3.77. The Morgan fingerprint density at radius 2 is 2.38 bits per heavy atom. The second-order valence-corrected chi connectivity index (χ2v) is 5.66. The van der Waals surface area contributed by atoms with Gasteiger partial charge in [-0.2, -0.15) is 11.8 Å². The van der Waals surface area contributed by atoms with Gasteiger partial charge in [-0.05, 0) is 25.0 Å². The molecule has 16 heavy (non-hydrogen) atoms. The van der Waals surface area contributed by atoms with Gasteiger partial charge in [0, 0.05) is 25.4 Å². The van der Waals surface area contributed by atoms with Gasteiger partial charge in [0.1, 0.15) is 5.54 Å². The lowest BCUT2D eigenvalue weighted by atomic mass is 9.96. The van der Waals surface area contributed by atoms with Crippen LogP contribution in [0.4, 0.5) is 0 Å². The lowest BCUT2D eigenvalue weighted by molar-refractivity contribution is -0.150. The minimum atomic E-state index is -0.652. The van der Waals surface area contributed by atoms with Gasteiger partial charge >= 0.3 is 5.97 Å². The molecule has 1 N–H and O–H groups in total. The van der Waals surface area contributed by atoms with Crippen molar-refractivity contribution in [1.82, 2.24) is 4.90 Å². The number of aliphatic carboxylic acids is 1. The van der Waals surface area contributed by atoms with Crippen molar-refractivity contribution in [3.05, 3.63) is 0 Å². The van der Waals surface area contributed by atoms with E-state index in [0.717, 1.165) is 37.3 Å². The van der Waals surface area contributed by atoms with Crippen LogP contribution in [0.15, 0.2) is 0 Å². The maximum Gasteiger partial charge on any atom is 0.325 e. The maximum absolute atomic E-state index is 11.6. The third-order valence-electron chi connectivity index (χ3n) is 3.47. The predicted molar refractivity (Wildman–Crippen MR) is 63.9 cm³/mol. The molecule has 2 rings (SSSR count). The molecule has 1 unspecified atom stereocenters. The molecule has 1 heterocycles. The topological polar surface area (TPSA) is 49.8 Å². The number of carboxylic acids is 1. The molecule has 0 aromatic rings. The van der Waals surface area contributed by atoms with E-state index in [4.69, 9.17) is 4.74 Å². The fourth-order valence-corrected chi connectivity index (χ4v) is 3.79. The molecule has 0 aromatic carbocycles. The highest BCUT2D eigenvalue weighted by Gasteiger charge is 2.51. The van der Waals surface area contributed by atoms with Crippen LogP contribution in [0.1, 0.15) is 19.3 Å². The van der Waals surface area contributed by atoms with E-state index in [-0.39, 0.29) is 0 Å². The highest BCUT2D eigenvalue weighted by molar-refractivity contribution is 7.99.